The van der Waals surface area contributed by atoms with Gasteiger partial charge in [0.25, 0.3) is 11.8 Å². The maximum Gasteiger partial charge on any atom is 0.263 e. The molecule has 0 radical (unpaired) electrons. The van der Waals surface area contributed by atoms with E-state index in [0.717, 1.165) is 4.90 Å². The van der Waals surface area contributed by atoms with Gasteiger partial charge >= 0.3 is 0 Å². The van der Waals surface area contributed by atoms with E-state index in [0.29, 0.717) is 11.1 Å². The number of amides is 4. The highest BCUT2D eigenvalue weighted by atomic mass is 16.2. The fourth-order valence-corrected chi connectivity index (χ4v) is 2.98. The predicted octanol–water partition coefficient (Wildman–Crippen LogP) is 0.780. The first-order valence-corrected chi connectivity index (χ1v) is 7.42. The summed E-state index contributed by atoms with van der Waals surface area (Å²) in [5, 5.41) is 2.18. The van der Waals surface area contributed by atoms with Gasteiger partial charge in [-0.15, -0.1) is 0 Å². The van der Waals surface area contributed by atoms with Gasteiger partial charge in [-0.05, 0) is 17.4 Å². The fourth-order valence-electron chi connectivity index (χ4n) is 2.98. The minimum atomic E-state index is -0.951. The van der Waals surface area contributed by atoms with Gasteiger partial charge < -0.3 is 0 Å². The third-order valence-electron chi connectivity index (χ3n) is 4.16. The number of fused-ring (bicyclic) bond motifs is 1. The SMILES string of the molecule is CC(C)(C)c1cncc2c1C(=O)N(C1CCC(=O)NC1=O)C2=O. The molecular formula is C16H17N3O4. The van der Waals surface area contributed by atoms with Gasteiger partial charge in [-0.2, -0.15) is 0 Å². The van der Waals surface area contributed by atoms with Crippen molar-refractivity contribution in [2.45, 2.75) is 45.1 Å². The van der Waals surface area contributed by atoms with E-state index < -0.39 is 23.8 Å². The highest BCUT2D eigenvalue weighted by molar-refractivity contribution is 6.24. The van der Waals surface area contributed by atoms with Gasteiger partial charge in [0.05, 0.1) is 11.1 Å². The third kappa shape index (κ3) is 2.32. The summed E-state index contributed by atoms with van der Waals surface area (Å²) in [6.45, 7) is 5.78. The van der Waals surface area contributed by atoms with Crippen LogP contribution in [0.25, 0.3) is 0 Å². The van der Waals surface area contributed by atoms with Crippen LogP contribution in [0.5, 0.6) is 0 Å². The largest absolute Gasteiger partial charge is 0.295 e. The molecule has 23 heavy (non-hydrogen) atoms. The lowest BCUT2D eigenvalue weighted by molar-refractivity contribution is -0.136. The van der Waals surface area contributed by atoms with E-state index in [1.165, 1.54) is 6.20 Å². The summed E-state index contributed by atoms with van der Waals surface area (Å²) in [6, 6.07) is -0.951. The monoisotopic (exact) mass is 315 g/mol. The summed E-state index contributed by atoms with van der Waals surface area (Å²) in [4.78, 5) is 53.7. The summed E-state index contributed by atoms with van der Waals surface area (Å²) in [6.07, 6.45) is 3.19. The van der Waals surface area contributed by atoms with Crippen LogP contribution in [-0.4, -0.2) is 39.6 Å². The number of hydrogen-bond donors (Lipinski definition) is 1. The average Bonchev–Trinajstić information content (AvgIpc) is 2.71. The zero-order valence-corrected chi connectivity index (χ0v) is 13.2. The Morgan fingerprint density at radius 1 is 1.13 bits per heavy atom. The zero-order valence-electron chi connectivity index (χ0n) is 13.2. The molecule has 120 valence electrons. The predicted molar refractivity (Wildman–Crippen MR) is 79.6 cm³/mol. The van der Waals surface area contributed by atoms with E-state index >= 15 is 0 Å². The summed E-state index contributed by atoms with van der Waals surface area (Å²) in [5.41, 5.74) is 0.826. The first-order valence-electron chi connectivity index (χ1n) is 7.42. The van der Waals surface area contributed by atoms with Gasteiger partial charge in [0, 0.05) is 18.8 Å². The van der Waals surface area contributed by atoms with Crippen LogP contribution >= 0.6 is 0 Å². The number of piperidine rings is 1. The van der Waals surface area contributed by atoms with Crippen molar-refractivity contribution in [1.29, 1.82) is 0 Å². The smallest absolute Gasteiger partial charge is 0.263 e. The molecule has 0 bridgehead atoms. The molecule has 3 heterocycles. The minimum Gasteiger partial charge on any atom is -0.295 e. The topological polar surface area (TPSA) is 96.4 Å². The molecule has 0 spiro atoms. The molecule has 7 nitrogen and oxygen atoms in total. The fraction of sp³-hybridized carbons (Fsp3) is 0.438. The van der Waals surface area contributed by atoms with E-state index in [1.807, 2.05) is 20.8 Å². The van der Waals surface area contributed by atoms with Crippen molar-refractivity contribution in [3.05, 3.63) is 29.1 Å². The van der Waals surface area contributed by atoms with Gasteiger partial charge in [-0.1, -0.05) is 20.8 Å². The molecule has 0 aromatic carbocycles. The Hall–Kier alpha value is -2.57. The number of rotatable bonds is 1. The first-order chi connectivity index (χ1) is 10.7. The van der Waals surface area contributed by atoms with Gasteiger partial charge in [0.2, 0.25) is 11.8 Å². The Bertz CT molecular complexity index is 748. The zero-order chi connectivity index (χ0) is 16.9. The third-order valence-corrected chi connectivity index (χ3v) is 4.16. The van der Waals surface area contributed by atoms with Crippen LogP contribution in [-0.2, 0) is 15.0 Å². The molecule has 7 heteroatoms. The van der Waals surface area contributed by atoms with Gasteiger partial charge in [-0.3, -0.25) is 34.4 Å². The molecule has 1 atom stereocenters. The standard InChI is InChI=1S/C16H17N3O4/c1-16(2,3)9-7-17-6-8-12(9)15(23)19(14(8)22)10-4-5-11(20)18-13(10)21/h6-7,10H,4-5H2,1-3H3,(H,18,20,21). The quantitative estimate of drug-likeness (QED) is 0.773. The number of nitrogens with one attached hydrogen (secondary N) is 1. The Kier molecular flexibility index (Phi) is 3.31. The van der Waals surface area contributed by atoms with Crippen LogP contribution in [0.4, 0.5) is 0 Å². The molecule has 1 fully saturated rings. The van der Waals surface area contributed by atoms with Crippen molar-refractivity contribution in [1.82, 2.24) is 15.2 Å². The summed E-state index contributed by atoms with van der Waals surface area (Å²) in [5.74, 6) is -2.02. The van der Waals surface area contributed by atoms with Crippen LogP contribution in [0, 0.1) is 0 Å². The normalized spacial score (nSPS) is 21.5. The summed E-state index contributed by atoms with van der Waals surface area (Å²) >= 11 is 0. The second kappa shape index (κ2) is 4.97. The van der Waals surface area contributed by atoms with Crippen LogP contribution < -0.4 is 5.32 Å². The first kappa shape index (κ1) is 15.3. The molecule has 3 rings (SSSR count). The minimum absolute atomic E-state index is 0.105. The number of carbonyl (C=O) groups is 4. The van der Waals surface area contributed by atoms with Crippen molar-refractivity contribution in [2.75, 3.05) is 0 Å². The van der Waals surface area contributed by atoms with Crippen LogP contribution in [0.2, 0.25) is 0 Å². The van der Waals surface area contributed by atoms with E-state index in [4.69, 9.17) is 0 Å². The maximum absolute atomic E-state index is 12.8. The Morgan fingerprint density at radius 3 is 2.43 bits per heavy atom. The number of carbonyl (C=O) groups excluding carboxylic acids is 4. The number of hydrogen-bond acceptors (Lipinski definition) is 5. The number of imide groups is 2. The van der Waals surface area contributed by atoms with Crippen molar-refractivity contribution >= 4 is 23.6 Å². The van der Waals surface area contributed by atoms with E-state index in [2.05, 4.69) is 10.3 Å². The van der Waals surface area contributed by atoms with Crippen LogP contribution in [0.15, 0.2) is 12.4 Å². The second-order valence-electron chi connectivity index (χ2n) is 6.81. The van der Waals surface area contributed by atoms with Crippen molar-refractivity contribution in [3.8, 4) is 0 Å². The van der Waals surface area contributed by atoms with E-state index in [-0.39, 0.29) is 29.7 Å². The number of pyridine rings is 1. The lowest BCUT2D eigenvalue weighted by atomic mass is 9.84. The maximum atomic E-state index is 12.8. The van der Waals surface area contributed by atoms with Gasteiger partial charge in [0.1, 0.15) is 6.04 Å². The van der Waals surface area contributed by atoms with E-state index in [1.54, 1.807) is 6.20 Å². The molecule has 4 amide bonds. The Labute approximate surface area is 133 Å². The van der Waals surface area contributed by atoms with Crippen LogP contribution in [0.1, 0.15) is 59.9 Å². The molecule has 0 aliphatic carbocycles. The molecule has 1 saturated heterocycles. The lowest BCUT2D eigenvalue weighted by Crippen LogP contribution is -2.54. The van der Waals surface area contributed by atoms with Crippen LogP contribution in [0.3, 0.4) is 0 Å². The molecule has 1 aromatic rings. The molecule has 1 aromatic heterocycles. The molecule has 1 N–H and O–H groups in total. The number of aromatic nitrogens is 1. The number of nitrogens with zero attached hydrogens (tertiary/aromatic N) is 2. The Balaban J connectivity index is 2.05. The van der Waals surface area contributed by atoms with Gasteiger partial charge in [-0.25, -0.2) is 0 Å². The Morgan fingerprint density at radius 2 is 1.83 bits per heavy atom. The van der Waals surface area contributed by atoms with Gasteiger partial charge in [0.15, 0.2) is 0 Å². The highest BCUT2D eigenvalue weighted by Crippen LogP contribution is 2.34. The molecule has 0 saturated carbocycles. The molecule has 2 aliphatic heterocycles. The highest BCUT2D eigenvalue weighted by Gasteiger charge is 2.46. The molecule has 2 aliphatic rings. The lowest BCUT2D eigenvalue weighted by Gasteiger charge is -2.28. The van der Waals surface area contributed by atoms with E-state index in [9.17, 15) is 19.2 Å². The second-order valence-corrected chi connectivity index (χ2v) is 6.81. The summed E-state index contributed by atoms with van der Waals surface area (Å²) < 4.78 is 0. The molecule has 1 unspecified atom stereocenters. The van der Waals surface area contributed by atoms with Crippen molar-refractivity contribution in [3.63, 3.8) is 0 Å². The average molecular weight is 315 g/mol. The summed E-state index contributed by atoms with van der Waals surface area (Å²) in [7, 11) is 0. The van der Waals surface area contributed by atoms with Crippen molar-refractivity contribution in [2.24, 2.45) is 0 Å². The van der Waals surface area contributed by atoms with Crippen molar-refractivity contribution < 1.29 is 19.2 Å². The molecular weight excluding hydrogens is 298 g/mol.